The van der Waals surface area contributed by atoms with Crippen molar-refractivity contribution in [3.05, 3.63) is 82.4 Å². The van der Waals surface area contributed by atoms with Gasteiger partial charge in [0, 0.05) is 11.5 Å². The van der Waals surface area contributed by atoms with Crippen molar-refractivity contribution in [2.24, 2.45) is 0 Å². The van der Waals surface area contributed by atoms with Gasteiger partial charge in [0.15, 0.2) is 0 Å². The largest absolute Gasteiger partial charge is 0.478 e. The van der Waals surface area contributed by atoms with Gasteiger partial charge in [0.05, 0.1) is 27.3 Å². The number of carbonyl (C=O) groups is 1. The molecule has 0 spiro atoms. The molecule has 0 aliphatic heterocycles. The van der Waals surface area contributed by atoms with Crippen LogP contribution < -0.4 is 0 Å². The number of nitro groups is 1. The summed E-state index contributed by atoms with van der Waals surface area (Å²) in [6, 6.07) is 18.6. The molecule has 0 amide bonds. The summed E-state index contributed by atoms with van der Waals surface area (Å²) in [6.07, 6.45) is 0. The van der Waals surface area contributed by atoms with Crippen molar-refractivity contribution < 1.29 is 14.8 Å². The summed E-state index contributed by atoms with van der Waals surface area (Å²) in [5, 5.41) is 23.3. The first-order chi connectivity index (χ1) is 12.6. The maximum Gasteiger partial charge on any atom is 0.336 e. The van der Waals surface area contributed by atoms with Gasteiger partial charge < -0.3 is 5.11 Å². The molecule has 0 unspecified atom stereocenters. The summed E-state index contributed by atoms with van der Waals surface area (Å²) in [7, 11) is 0. The average Bonchev–Trinajstić information content (AvgIpc) is 2.66. The second kappa shape index (κ2) is 5.93. The van der Waals surface area contributed by atoms with Crippen molar-refractivity contribution in [1.82, 2.24) is 4.98 Å². The van der Waals surface area contributed by atoms with Crippen molar-refractivity contribution in [1.29, 1.82) is 0 Å². The Bertz CT molecular complexity index is 1200. The maximum atomic E-state index is 11.9. The molecule has 126 valence electrons. The Hall–Kier alpha value is -3.80. The second-order valence-electron chi connectivity index (χ2n) is 5.82. The van der Waals surface area contributed by atoms with E-state index < -0.39 is 10.9 Å². The lowest BCUT2D eigenvalue weighted by molar-refractivity contribution is -0.384. The number of aromatic carboxylic acids is 1. The number of aromatic nitrogens is 1. The second-order valence-corrected chi connectivity index (χ2v) is 5.82. The molecule has 6 nitrogen and oxygen atoms in total. The summed E-state index contributed by atoms with van der Waals surface area (Å²) in [5.41, 5.74) is 0.987. The number of hydrogen-bond donors (Lipinski definition) is 1. The molecular formula is C20H12N2O4. The fraction of sp³-hybridized carbons (Fsp3) is 0. The van der Waals surface area contributed by atoms with Crippen LogP contribution in [0.15, 0.2) is 66.7 Å². The Morgan fingerprint density at radius 2 is 1.73 bits per heavy atom. The highest BCUT2D eigenvalue weighted by atomic mass is 16.6. The molecule has 0 saturated heterocycles. The van der Waals surface area contributed by atoms with Crippen LogP contribution in [-0.2, 0) is 0 Å². The highest BCUT2D eigenvalue weighted by molar-refractivity contribution is 6.15. The number of fused-ring (bicyclic) bond motifs is 3. The molecule has 4 rings (SSSR count). The molecule has 0 radical (unpaired) electrons. The highest BCUT2D eigenvalue weighted by Gasteiger charge is 2.20. The van der Waals surface area contributed by atoms with Gasteiger partial charge in [0.2, 0.25) is 0 Å². The fourth-order valence-electron chi connectivity index (χ4n) is 3.16. The van der Waals surface area contributed by atoms with Gasteiger partial charge in [0.1, 0.15) is 0 Å². The third-order valence-corrected chi connectivity index (χ3v) is 4.31. The Kier molecular flexibility index (Phi) is 3.58. The fourth-order valence-corrected chi connectivity index (χ4v) is 3.16. The quantitative estimate of drug-likeness (QED) is 0.331. The third-order valence-electron chi connectivity index (χ3n) is 4.31. The van der Waals surface area contributed by atoms with Crippen LogP contribution in [0.5, 0.6) is 0 Å². The van der Waals surface area contributed by atoms with Gasteiger partial charge in [-0.15, -0.1) is 0 Å². The number of nitrogens with zero attached hydrogens (tertiary/aromatic N) is 2. The number of rotatable bonds is 3. The minimum atomic E-state index is -1.10. The summed E-state index contributed by atoms with van der Waals surface area (Å²) in [5.74, 6) is -1.10. The van der Waals surface area contributed by atoms with E-state index >= 15 is 0 Å². The first-order valence-electron chi connectivity index (χ1n) is 7.86. The maximum absolute atomic E-state index is 11.9. The first kappa shape index (κ1) is 15.7. The van der Waals surface area contributed by atoms with Crippen LogP contribution in [0.1, 0.15) is 10.4 Å². The van der Waals surface area contributed by atoms with Gasteiger partial charge in [-0.25, -0.2) is 9.78 Å². The minimum Gasteiger partial charge on any atom is -0.478 e. The summed E-state index contributed by atoms with van der Waals surface area (Å²) in [6.45, 7) is 0. The van der Waals surface area contributed by atoms with Crippen molar-refractivity contribution in [2.75, 3.05) is 0 Å². The Morgan fingerprint density at radius 1 is 1.00 bits per heavy atom. The van der Waals surface area contributed by atoms with E-state index in [1.54, 1.807) is 24.3 Å². The third kappa shape index (κ3) is 2.44. The van der Waals surface area contributed by atoms with E-state index in [9.17, 15) is 20.0 Å². The topological polar surface area (TPSA) is 93.3 Å². The van der Waals surface area contributed by atoms with Crippen molar-refractivity contribution in [3.63, 3.8) is 0 Å². The molecule has 0 aliphatic carbocycles. The zero-order chi connectivity index (χ0) is 18.3. The van der Waals surface area contributed by atoms with E-state index in [1.807, 2.05) is 30.3 Å². The minimum absolute atomic E-state index is 0.0694. The lowest BCUT2D eigenvalue weighted by Crippen LogP contribution is -2.02. The highest BCUT2D eigenvalue weighted by Crippen LogP contribution is 2.34. The number of carboxylic acid groups (broad SMARTS) is 1. The van der Waals surface area contributed by atoms with Gasteiger partial charge in [-0.1, -0.05) is 42.5 Å². The van der Waals surface area contributed by atoms with Gasteiger partial charge in [-0.3, -0.25) is 10.1 Å². The van der Waals surface area contributed by atoms with Crippen molar-refractivity contribution in [2.45, 2.75) is 0 Å². The molecule has 1 heterocycles. The normalized spacial score (nSPS) is 10.9. The summed E-state index contributed by atoms with van der Waals surface area (Å²) in [4.78, 5) is 27.2. The molecule has 1 aromatic heterocycles. The predicted molar refractivity (Wildman–Crippen MR) is 98.3 cm³/mol. The lowest BCUT2D eigenvalue weighted by Gasteiger charge is -2.10. The Morgan fingerprint density at radius 3 is 2.50 bits per heavy atom. The van der Waals surface area contributed by atoms with Crippen LogP contribution in [0.2, 0.25) is 0 Å². The van der Waals surface area contributed by atoms with Crippen molar-refractivity contribution >= 4 is 33.3 Å². The van der Waals surface area contributed by atoms with E-state index in [-0.39, 0.29) is 22.5 Å². The number of benzene rings is 3. The zero-order valence-electron chi connectivity index (χ0n) is 13.4. The van der Waals surface area contributed by atoms with Gasteiger partial charge >= 0.3 is 5.97 Å². The standard InChI is InChI=1S/C20H12N2O4/c23-20(24)15-11-17(14-7-3-4-8-18(14)22(25)26)21-16-10-9-12-5-1-2-6-13(12)19(15)16/h1-11H,(H,23,24). The van der Waals surface area contributed by atoms with Crippen LogP contribution in [-0.4, -0.2) is 21.0 Å². The first-order valence-corrected chi connectivity index (χ1v) is 7.86. The number of para-hydroxylation sites is 1. The van der Waals surface area contributed by atoms with Gasteiger partial charge in [-0.2, -0.15) is 0 Å². The molecule has 3 aromatic carbocycles. The Labute approximate surface area is 147 Å². The van der Waals surface area contributed by atoms with Crippen LogP contribution >= 0.6 is 0 Å². The van der Waals surface area contributed by atoms with Gasteiger partial charge in [-0.05, 0) is 29.0 Å². The smallest absolute Gasteiger partial charge is 0.336 e. The zero-order valence-corrected chi connectivity index (χ0v) is 13.4. The van der Waals surface area contributed by atoms with Crippen molar-refractivity contribution in [3.8, 4) is 11.3 Å². The van der Waals surface area contributed by atoms with E-state index in [0.29, 0.717) is 10.9 Å². The lowest BCUT2D eigenvalue weighted by atomic mass is 9.98. The van der Waals surface area contributed by atoms with E-state index in [0.717, 1.165) is 10.8 Å². The van der Waals surface area contributed by atoms with Crippen LogP contribution in [0.3, 0.4) is 0 Å². The molecule has 0 aliphatic rings. The molecule has 0 atom stereocenters. The van der Waals surface area contributed by atoms with Gasteiger partial charge in [0.25, 0.3) is 5.69 Å². The van der Waals surface area contributed by atoms with E-state index in [1.165, 1.54) is 12.1 Å². The van der Waals surface area contributed by atoms with Crippen LogP contribution in [0, 0.1) is 10.1 Å². The van der Waals surface area contributed by atoms with Crippen LogP contribution in [0.4, 0.5) is 5.69 Å². The monoisotopic (exact) mass is 344 g/mol. The average molecular weight is 344 g/mol. The number of carboxylic acids is 1. The molecular weight excluding hydrogens is 332 g/mol. The molecule has 1 N–H and O–H groups in total. The summed E-state index contributed by atoms with van der Waals surface area (Å²) >= 11 is 0. The predicted octanol–water partition coefficient (Wildman–Crippen LogP) is 4.66. The Balaban J connectivity index is 2.10. The molecule has 26 heavy (non-hydrogen) atoms. The molecule has 0 bridgehead atoms. The number of nitro benzene ring substituents is 1. The molecule has 0 fully saturated rings. The number of pyridine rings is 1. The van der Waals surface area contributed by atoms with E-state index in [2.05, 4.69) is 4.98 Å². The summed E-state index contributed by atoms with van der Waals surface area (Å²) < 4.78 is 0. The molecule has 0 saturated carbocycles. The number of hydrogen-bond acceptors (Lipinski definition) is 4. The SMILES string of the molecule is O=C(O)c1cc(-c2ccccc2[N+](=O)[O-])nc2ccc3ccccc3c12. The molecule has 4 aromatic rings. The van der Waals surface area contributed by atoms with E-state index in [4.69, 9.17) is 0 Å². The molecule has 6 heteroatoms. The van der Waals surface area contributed by atoms with Crippen LogP contribution in [0.25, 0.3) is 32.9 Å².